The zero-order valence-electron chi connectivity index (χ0n) is 11.0. The van der Waals surface area contributed by atoms with Gasteiger partial charge in [0.1, 0.15) is 0 Å². The third-order valence-corrected chi connectivity index (χ3v) is 5.35. The van der Waals surface area contributed by atoms with Crippen LogP contribution in [-0.2, 0) is 0 Å². The summed E-state index contributed by atoms with van der Waals surface area (Å²) in [5.41, 5.74) is 8.57. The molecule has 0 amide bonds. The summed E-state index contributed by atoms with van der Waals surface area (Å²) < 4.78 is 0. The van der Waals surface area contributed by atoms with Gasteiger partial charge in [0.25, 0.3) is 0 Å². The van der Waals surface area contributed by atoms with Gasteiger partial charge in [-0.15, -0.1) is 11.3 Å². The number of anilines is 2. The molecular formula is C14H20N2OS. The molecule has 1 aromatic heterocycles. The number of ketones is 1. The smallest absolute Gasteiger partial charge is 0.171 e. The Bertz CT molecular complexity index is 498. The average Bonchev–Trinajstić information content (AvgIpc) is 3.21. The highest BCUT2D eigenvalue weighted by atomic mass is 32.1. The first kappa shape index (κ1) is 12.0. The third kappa shape index (κ3) is 2.14. The molecule has 98 valence electrons. The minimum absolute atomic E-state index is 0.0880. The van der Waals surface area contributed by atoms with Crippen molar-refractivity contribution in [2.75, 3.05) is 17.6 Å². The van der Waals surface area contributed by atoms with Crippen molar-refractivity contribution in [2.24, 2.45) is 5.41 Å². The first-order chi connectivity index (χ1) is 8.50. The van der Waals surface area contributed by atoms with Crippen LogP contribution in [0.1, 0.15) is 60.7 Å². The molecule has 2 aliphatic carbocycles. The first-order valence-electron chi connectivity index (χ1n) is 6.67. The van der Waals surface area contributed by atoms with Crippen molar-refractivity contribution >= 4 is 27.8 Å². The standard InChI is InChI=1S/C14H20N2OS/c1-8(17)12-11(15)10(9-3-4-9)13(18-12)16-7-14(2)5-6-14/h9,16H,3-7,15H2,1-2H3. The number of nitrogen functional groups attached to an aromatic ring is 1. The van der Waals surface area contributed by atoms with Crippen molar-refractivity contribution in [3.05, 3.63) is 10.4 Å². The number of rotatable bonds is 5. The van der Waals surface area contributed by atoms with Crippen LogP contribution < -0.4 is 11.1 Å². The summed E-state index contributed by atoms with van der Waals surface area (Å²) in [6.07, 6.45) is 5.03. The third-order valence-electron chi connectivity index (χ3n) is 4.07. The van der Waals surface area contributed by atoms with E-state index in [1.807, 2.05) is 0 Å². The lowest BCUT2D eigenvalue weighted by Gasteiger charge is -2.11. The van der Waals surface area contributed by atoms with Crippen molar-refractivity contribution in [1.82, 2.24) is 0 Å². The summed E-state index contributed by atoms with van der Waals surface area (Å²) in [5, 5.41) is 4.69. The van der Waals surface area contributed by atoms with Gasteiger partial charge in [0, 0.05) is 19.0 Å². The second-order valence-corrected chi connectivity index (χ2v) is 7.10. The monoisotopic (exact) mass is 264 g/mol. The van der Waals surface area contributed by atoms with Gasteiger partial charge in [-0.3, -0.25) is 4.79 Å². The highest BCUT2D eigenvalue weighted by Crippen LogP contribution is 2.52. The quantitative estimate of drug-likeness (QED) is 0.799. The van der Waals surface area contributed by atoms with E-state index in [9.17, 15) is 4.79 Å². The number of carbonyl (C=O) groups is 1. The van der Waals surface area contributed by atoms with Crippen LogP contribution >= 0.6 is 11.3 Å². The predicted molar refractivity (Wildman–Crippen MR) is 76.5 cm³/mol. The van der Waals surface area contributed by atoms with Gasteiger partial charge in [-0.1, -0.05) is 6.92 Å². The molecule has 0 spiro atoms. The highest BCUT2D eigenvalue weighted by Gasteiger charge is 2.38. The fraction of sp³-hybridized carbons (Fsp3) is 0.643. The molecule has 3 N–H and O–H groups in total. The van der Waals surface area contributed by atoms with E-state index in [4.69, 9.17) is 5.73 Å². The Hall–Kier alpha value is -1.03. The van der Waals surface area contributed by atoms with Gasteiger partial charge in [0.05, 0.1) is 15.6 Å². The molecule has 18 heavy (non-hydrogen) atoms. The van der Waals surface area contributed by atoms with Crippen LogP contribution in [0.2, 0.25) is 0 Å². The van der Waals surface area contributed by atoms with E-state index in [1.54, 1.807) is 18.3 Å². The largest absolute Gasteiger partial charge is 0.397 e. The summed E-state index contributed by atoms with van der Waals surface area (Å²) in [6.45, 7) is 4.91. The van der Waals surface area contributed by atoms with Crippen LogP contribution in [0.25, 0.3) is 0 Å². The predicted octanol–water partition coefficient (Wildman–Crippen LogP) is 3.62. The van der Waals surface area contributed by atoms with Gasteiger partial charge >= 0.3 is 0 Å². The van der Waals surface area contributed by atoms with Gasteiger partial charge in [-0.2, -0.15) is 0 Å². The number of nitrogens with one attached hydrogen (secondary N) is 1. The van der Waals surface area contributed by atoms with E-state index in [0.717, 1.165) is 22.1 Å². The average molecular weight is 264 g/mol. The first-order valence-corrected chi connectivity index (χ1v) is 7.49. The Kier molecular flexibility index (Phi) is 2.66. The van der Waals surface area contributed by atoms with Gasteiger partial charge in [-0.25, -0.2) is 0 Å². The maximum absolute atomic E-state index is 11.6. The lowest BCUT2D eigenvalue weighted by Crippen LogP contribution is -2.11. The molecule has 1 heterocycles. The van der Waals surface area contributed by atoms with Crippen LogP contribution in [0.4, 0.5) is 10.7 Å². The molecule has 0 saturated heterocycles. The van der Waals surface area contributed by atoms with Crippen LogP contribution in [-0.4, -0.2) is 12.3 Å². The van der Waals surface area contributed by atoms with Crippen molar-refractivity contribution < 1.29 is 4.79 Å². The molecule has 0 unspecified atom stereocenters. The number of Topliss-reactive ketones (excluding diaryl/α,β-unsaturated/α-hetero) is 1. The van der Waals surface area contributed by atoms with Gasteiger partial charge in [0.15, 0.2) is 5.78 Å². The molecule has 0 radical (unpaired) electrons. The number of hydrogen-bond acceptors (Lipinski definition) is 4. The Balaban J connectivity index is 1.86. The minimum atomic E-state index is 0.0880. The zero-order valence-corrected chi connectivity index (χ0v) is 11.8. The SMILES string of the molecule is CC(=O)c1sc(NCC2(C)CC2)c(C2CC2)c1N. The van der Waals surface area contributed by atoms with E-state index in [-0.39, 0.29) is 5.78 Å². The van der Waals surface area contributed by atoms with Crippen molar-refractivity contribution in [3.63, 3.8) is 0 Å². The number of thiophene rings is 1. The van der Waals surface area contributed by atoms with Gasteiger partial charge in [0.2, 0.25) is 0 Å². The summed E-state index contributed by atoms with van der Waals surface area (Å²) in [6, 6.07) is 0. The minimum Gasteiger partial charge on any atom is -0.397 e. The summed E-state index contributed by atoms with van der Waals surface area (Å²) in [4.78, 5) is 12.3. The summed E-state index contributed by atoms with van der Waals surface area (Å²) in [5.74, 6) is 0.675. The van der Waals surface area contributed by atoms with Crippen molar-refractivity contribution in [2.45, 2.75) is 45.4 Å². The Morgan fingerprint density at radius 1 is 1.50 bits per heavy atom. The van der Waals surface area contributed by atoms with Gasteiger partial charge in [-0.05, 0) is 37.0 Å². The van der Waals surface area contributed by atoms with Gasteiger partial charge < -0.3 is 11.1 Å². The fourth-order valence-electron chi connectivity index (χ4n) is 2.31. The summed E-state index contributed by atoms with van der Waals surface area (Å²) in [7, 11) is 0. The molecule has 0 aliphatic heterocycles. The molecule has 0 aromatic carbocycles. The highest BCUT2D eigenvalue weighted by molar-refractivity contribution is 7.18. The van der Waals surface area contributed by atoms with Crippen molar-refractivity contribution in [1.29, 1.82) is 0 Å². The van der Waals surface area contributed by atoms with E-state index in [1.165, 1.54) is 31.2 Å². The fourth-order valence-corrected chi connectivity index (χ4v) is 3.41. The number of nitrogens with two attached hydrogens (primary N) is 1. The topological polar surface area (TPSA) is 55.1 Å². The van der Waals surface area contributed by atoms with Crippen LogP contribution in [0, 0.1) is 5.41 Å². The molecule has 2 saturated carbocycles. The maximum Gasteiger partial charge on any atom is 0.171 e. The molecule has 3 nitrogen and oxygen atoms in total. The summed E-state index contributed by atoms with van der Waals surface area (Å²) >= 11 is 1.55. The second-order valence-electron chi connectivity index (χ2n) is 6.08. The van der Waals surface area contributed by atoms with Crippen LogP contribution in [0.3, 0.4) is 0 Å². The lowest BCUT2D eigenvalue weighted by atomic mass is 10.1. The lowest BCUT2D eigenvalue weighted by molar-refractivity contribution is 0.102. The molecule has 0 bridgehead atoms. The molecule has 2 fully saturated rings. The molecule has 1 aromatic rings. The molecule has 0 atom stereocenters. The second kappa shape index (κ2) is 3.98. The molecular weight excluding hydrogens is 244 g/mol. The number of carbonyl (C=O) groups excluding carboxylic acids is 1. The van der Waals surface area contributed by atoms with Crippen molar-refractivity contribution in [3.8, 4) is 0 Å². The Labute approximate surface area is 112 Å². The number of hydrogen-bond donors (Lipinski definition) is 2. The van der Waals surface area contributed by atoms with Crippen LogP contribution in [0.15, 0.2) is 0 Å². The van der Waals surface area contributed by atoms with E-state index >= 15 is 0 Å². The van der Waals surface area contributed by atoms with E-state index in [2.05, 4.69) is 12.2 Å². The van der Waals surface area contributed by atoms with E-state index < -0.39 is 0 Å². The molecule has 4 heteroatoms. The van der Waals surface area contributed by atoms with Crippen LogP contribution in [0.5, 0.6) is 0 Å². The Morgan fingerprint density at radius 2 is 2.17 bits per heavy atom. The normalized spacial score (nSPS) is 20.8. The maximum atomic E-state index is 11.6. The Morgan fingerprint density at radius 3 is 2.67 bits per heavy atom. The molecule has 3 rings (SSSR count). The van der Waals surface area contributed by atoms with E-state index in [0.29, 0.717) is 11.3 Å². The molecule has 2 aliphatic rings. The zero-order chi connectivity index (χ0) is 12.9.